The number of nitrogens with zero attached hydrogens (tertiary/aromatic N) is 2. The lowest BCUT2D eigenvalue weighted by Crippen LogP contribution is -2.10. The van der Waals surface area contributed by atoms with Gasteiger partial charge in [0.2, 0.25) is 5.75 Å². The van der Waals surface area contributed by atoms with Crippen molar-refractivity contribution < 1.29 is 9.47 Å². The molecule has 18 heavy (non-hydrogen) atoms. The van der Waals surface area contributed by atoms with Gasteiger partial charge in [-0.2, -0.15) is 4.98 Å². The quantitative estimate of drug-likeness (QED) is 0.495. The third-order valence-electron chi connectivity index (χ3n) is 2.12. The summed E-state index contributed by atoms with van der Waals surface area (Å²) in [5, 5.41) is 0. The first-order chi connectivity index (χ1) is 8.74. The van der Waals surface area contributed by atoms with E-state index < -0.39 is 0 Å². The van der Waals surface area contributed by atoms with E-state index in [-0.39, 0.29) is 0 Å². The molecule has 94 valence electrons. The van der Waals surface area contributed by atoms with Crippen LogP contribution in [0.1, 0.15) is 0 Å². The molecule has 1 aromatic carbocycles. The zero-order valence-electron chi connectivity index (χ0n) is 9.55. The average molecular weight is 358 g/mol. The predicted molar refractivity (Wildman–Crippen MR) is 75.6 cm³/mol. The number of rotatable bonds is 4. The molecule has 6 nitrogen and oxygen atoms in total. The van der Waals surface area contributed by atoms with Gasteiger partial charge in [0, 0.05) is 3.57 Å². The number of hydrogen-bond acceptors (Lipinski definition) is 6. The van der Waals surface area contributed by atoms with Crippen molar-refractivity contribution in [2.45, 2.75) is 0 Å². The molecule has 0 aliphatic rings. The summed E-state index contributed by atoms with van der Waals surface area (Å²) < 4.78 is 11.9. The van der Waals surface area contributed by atoms with Crippen molar-refractivity contribution in [3.05, 3.63) is 34.2 Å². The van der Waals surface area contributed by atoms with Crippen LogP contribution in [-0.2, 0) is 0 Å². The molecule has 0 bridgehead atoms. The molecule has 0 spiro atoms. The molecular formula is C11H11IN4O2. The van der Waals surface area contributed by atoms with Gasteiger partial charge in [0.05, 0.1) is 7.11 Å². The number of nitrogens with one attached hydrogen (secondary N) is 1. The normalized spacial score (nSPS) is 9.94. The van der Waals surface area contributed by atoms with E-state index in [0.717, 1.165) is 3.57 Å². The van der Waals surface area contributed by atoms with Gasteiger partial charge in [-0.1, -0.05) is 6.07 Å². The predicted octanol–water partition coefficient (Wildman–Crippen LogP) is 2.17. The zero-order valence-corrected chi connectivity index (χ0v) is 11.7. The smallest absolute Gasteiger partial charge is 0.268 e. The standard InChI is InChI=1S/C11H11IN4O2/c1-17-9-10(16-13)14-6-15-11(9)18-8-4-2-3-7(12)5-8/h2-6H,13H2,1H3,(H,14,15,16). The van der Waals surface area contributed by atoms with Gasteiger partial charge in [-0.15, -0.1) is 0 Å². The Kier molecular flexibility index (Phi) is 4.15. The Labute approximate surface area is 118 Å². The van der Waals surface area contributed by atoms with Gasteiger partial charge < -0.3 is 14.9 Å². The van der Waals surface area contributed by atoms with Gasteiger partial charge in [0.25, 0.3) is 5.88 Å². The number of methoxy groups -OCH3 is 1. The van der Waals surface area contributed by atoms with Crippen LogP contribution in [0.3, 0.4) is 0 Å². The first-order valence-corrected chi connectivity index (χ1v) is 6.11. The van der Waals surface area contributed by atoms with E-state index >= 15 is 0 Å². The molecule has 0 amide bonds. The third-order valence-corrected chi connectivity index (χ3v) is 2.79. The highest BCUT2D eigenvalue weighted by molar-refractivity contribution is 14.1. The molecule has 1 aromatic heterocycles. The summed E-state index contributed by atoms with van der Waals surface area (Å²) in [5.74, 6) is 7.04. The fourth-order valence-corrected chi connectivity index (χ4v) is 1.87. The maximum atomic E-state index is 5.65. The molecule has 0 radical (unpaired) electrons. The lowest BCUT2D eigenvalue weighted by molar-refractivity contribution is 0.369. The number of hydrogen-bond donors (Lipinski definition) is 2. The van der Waals surface area contributed by atoms with Gasteiger partial charge >= 0.3 is 0 Å². The molecule has 0 aliphatic heterocycles. The number of hydrazine groups is 1. The van der Waals surface area contributed by atoms with Crippen LogP contribution in [0.5, 0.6) is 17.4 Å². The Hall–Kier alpha value is -1.61. The van der Waals surface area contributed by atoms with Crippen molar-refractivity contribution >= 4 is 28.4 Å². The highest BCUT2D eigenvalue weighted by Crippen LogP contribution is 2.33. The van der Waals surface area contributed by atoms with E-state index in [1.165, 1.54) is 13.4 Å². The van der Waals surface area contributed by atoms with Gasteiger partial charge in [-0.05, 0) is 40.8 Å². The fraction of sp³-hybridized carbons (Fsp3) is 0.0909. The van der Waals surface area contributed by atoms with E-state index in [9.17, 15) is 0 Å². The van der Waals surface area contributed by atoms with Gasteiger partial charge in [-0.25, -0.2) is 10.8 Å². The highest BCUT2D eigenvalue weighted by Gasteiger charge is 2.13. The van der Waals surface area contributed by atoms with Crippen LogP contribution in [0.4, 0.5) is 5.82 Å². The lowest BCUT2D eigenvalue weighted by atomic mass is 10.3. The Morgan fingerprint density at radius 1 is 1.33 bits per heavy atom. The van der Waals surface area contributed by atoms with E-state index in [1.807, 2.05) is 24.3 Å². The first kappa shape index (κ1) is 12.8. The molecule has 0 atom stereocenters. The van der Waals surface area contributed by atoms with Gasteiger partial charge in [-0.3, -0.25) is 0 Å². The van der Waals surface area contributed by atoms with Crippen molar-refractivity contribution in [1.82, 2.24) is 9.97 Å². The van der Waals surface area contributed by atoms with Crippen LogP contribution in [-0.4, -0.2) is 17.1 Å². The summed E-state index contributed by atoms with van der Waals surface area (Å²) in [5.41, 5.74) is 2.43. The zero-order chi connectivity index (χ0) is 13.0. The summed E-state index contributed by atoms with van der Waals surface area (Å²) in [6.45, 7) is 0. The fourth-order valence-electron chi connectivity index (χ4n) is 1.36. The Morgan fingerprint density at radius 3 is 2.83 bits per heavy atom. The molecule has 1 heterocycles. The van der Waals surface area contributed by atoms with Crippen LogP contribution in [0.15, 0.2) is 30.6 Å². The number of ether oxygens (including phenoxy) is 2. The minimum Gasteiger partial charge on any atom is -0.489 e. The number of benzene rings is 1. The van der Waals surface area contributed by atoms with Crippen LogP contribution in [0, 0.1) is 3.57 Å². The van der Waals surface area contributed by atoms with Crippen LogP contribution >= 0.6 is 22.6 Å². The summed E-state index contributed by atoms with van der Waals surface area (Å²) in [4.78, 5) is 7.96. The van der Waals surface area contributed by atoms with Gasteiger partial charge in [0.1, 0.15) is 12.1 Å². The molecule has 2 aromatic rings. The van der Waals surface area contributed by atoms with Gasteiger partial charge in [0.15, 0.2) is 5.82 Å². The largest absolute Gasteiger partial charge is 0.489 e. The molecule has 2 rings (SSSR count). The summed E-state index contributed by atoms with van der Waals surface area (Å²) in [6.07, 6.45) is 1.35. The average Bonchev–Trinajstić information content (AvgIpc) is 2.38. The molecule has 3 N–H and O–H groups in total. The monoisotopic (exact) mass is 358 g/mol. The number of nitrogen functional groups attached to an aromatic ring is 1. The van der Waals surface area contributed by atoms with Crippen molar-refractivity contribution in [1.29, 1.82) is 0 Å². The summed E-state index contributed by atoms with van der Waals surface area (Å²) >= 11 is 2.20. The van der Waals surface area contributed by atoms with E-state index in [2.05, 4.69) is 38.0 Å². The summed E-state index contributed by atoms with van der Waals surface area (Å²) in [6, 6.07) is 7.58. The lowest BCUT2D eigenvalue weighted by Gasteiger charge is -2.11. The molecule has 0 unspecified atom stereocenters. The second-order valence-corrected chi connectivity index (χ2v) is 4.51. The maximum absolute atomic E-state index is 5.65. The second-order valence-electron chi connectivity index (χ2n) is 3.26. The Balaban J connectivity index is 2.34. The Bertz CT molecular complexity index is 550. The molecular weight excluding hydrogens is 347 g/mol. The number of halogens is 1. The van der Waals surface area contributed by atoms with Crippen LogP contribution in [0.25, 0.3) is 0 Å². The van der Waals surface area contributed by atoms with Crippen molar-refractivity contribution in [3.63, 3.8) is 0 Å². The maximum Gasteiger partial charge on any atom is 0.268 e. The van der Waals surface area contributed by atoms with E-state index in [1.54, 1.807) is 0 Å². The molecule has 0 saturated heterocycles. The van der Waals surface area contributed by atoms with Crippen molar-refractivity contribution in [2.24, 2.45) is 5.84 Å². The molecule has 0 saturated carbocycles. The molecule has 7 heteroatoms. The second kappa shape index (κ2) is 5.83. The number of nitrogens with two attached hydrogens (primary N) is 1. The minimum atomic E-state index is 0.308. The highest BCUT2D eigenvalue weighted by atomic mass is 127. The van der Waals surface area contributed by atoms with E-state index in [0.29, 0.717) is 23.2 Å². The molecule has 0 aliphatic carbocycles. The van der Waals surface area contributed by atoms with Crippen LogP contribution in [0.2, 0.25) is 0 Å². The van der Waals surface area contributed by atoms with E-state index in [4.69, 9.17) is 15.3 Å². The van der Waals surface area contributed by atoms with Crippen molar-refractivity contribution in [2.75, 3.05) is 12.5 Å². The molecule has 0 fully saturated rings. The number of aromatic nitrogens is 2. The SMILES string of the molecule is COc1c(NN)ncnc1Oc1cccc(I)c1. The Morgan fingerprint density at radius 2 is 2.17 bits per heavy atom. The van der Waals surface area contributed by atoms with Crippen molar-refractivity contribution in [3.8, 4) is 17.4 Å². The first-order valence-electron chi connectivity index (χ1n) is 5.03. The third kappa shape index (κ3) is 2.79. The number of anilines is 1. The van der Waals surface area contributed by atoms with Crippen LogP contribution < -0.4 is 20.7 Å². The summed E-state index contributed by atoms with van der Waals surface area (Å²) in [7, 11) is 1.50. The minimum absolute atomic E-state index is 0.308. The topological polar surface area (TPSA) is 82.3 Å².